The number of hydrogen-bond donors (Lipinski definition) is 2. The zero-order valence-corrected chi connectivity index (χ0v) is 5.65. The fourth-order valence-corrected chi connectivity index (χ4v) is 0.306. The topological polar surface area (TPSA) is 32.3 Å². The van der Waals surface area contributed by atoms with Crippen LogP contribution in [0.25, 0.3) is 0 Å². The Labute approximate surface area is 50.2 Å². The van der Waals surface area contributed by atoms with Gasteiger partial charge in [-0.25, -0.2) is 0 Å². The fourth-order valence-electron chi connectivity index (χ4n) is 0.306. The van der Waals surface area contributed by atoms with Crippen LogP contribution in [-0.4, -0.2) is 17.8 Å². The van der Waals surface area contributed by atoms with E-state index >= 15 is 0 Å². The fraction of sp³-hybridized carbons (Fsp3) is 0.667. The maximum absolute atomic E-state index is 9.12. The molecule has 8 heavy (non-hydrogen) atoms. The molecule has 0 atom stereocenters. The first-order chi connectivity index (χ1) is 3.48. The van der Waals surface area contributed by atoms with E-state index in [1.54, 1.807) is 20.9 Å². The molecular formula is C6H13NO. The average molecular weight is 115 g/mol. The highest BCUT2D eigenvalue weighted by molar-refractivity contribution is 5.04. The molecule has 0 spiro atoms. The Morgan fingerprint density at radius 3 is 2.00 bits per heavy atom. The molecule has 0 amide bonds. The summed E-state index contributed by atoms with van der Waals surface area (Å²) in [6.45, 7) is 6.96. The number of rotatable bonds is 2. The van der Waals surface area contributed by atoms with Gasteiger partial charge in [-0.15, -0.1) is 0 Å². The molecule has 0 fully saturated rings. The molecule has 48 valence electrons. The molecule has 0 saturated carbocycles. The van der Waals surface area contributed by atoms with Gasteiger partial charge in [0.25, 0.3) is 0 Å². The van der Waals surface area contributed by atoms with Crippen molar-refractivity contribution in [2.45, 2.75) is 19.4 Å². The highest BCUT2D eigenvalue weighted by Crippen LogP contribution is 2.07. The third-order valence-corrected chi connectivity index (χ3v) is 1.04. The Morgan fingerprint density at radius 1 is 1.62 bits per heavy atom. The van der Waals surface area contributed by atoms with E-state index in [9.17, 15) is 0 Å². The predicted octanol–water partition coefficient (Wildman–Crippen LogP) is 0.490. The van der Waals surface area contributed by atoms with Crippen molar-refractivity contribution in [2.75, 3.05) is 7.05 Å². The highest BCUT2D eigenvalue weighted by atomic mass is 16.3. The van der Waals surface area contributed by atoms with Crippen molar-refractivity contribution >= 4 is 0 Å². The van der Waals surface area contributed by atoms with Crippen molar-refractivity contribution in [1.29, 1.82) is 0 Å². The van der Waals surface area contributed by atoms with Gasteiger partial charge in [-0.05, 0) is 13.8 Å². The first kappa shape index (κ1) is 7.50. The van der Waals surface area contributed by atoms with Crippen LogP contribution in [-0.2, 0) is 0 Å². The van der Waals surface area contributed by atoms with Crippen LogP contribution >= 0.6 is 0 Å². The molecule has 0 aromatic rings. The largest absolute Gasteiger partial charge is 0.390 e. The second-order valence-corrected chi connectivity index (χ2v) is 2.29. The quantitative estimate of drug-likeness (QED) is 0.549. The highest BCUT2D eigenvalue weighted by Gasteiger charge is 2.14. The molecule has 2 N–H and O–H groups in total. The molecule has 0 saturated heterocycles. The van der Waals surface area contributed by atoms with E-state index in [0.717, 1.165) is 0 Å². The van der Waals surface area contributed by atoms with Crippen LogP contribution < -0.4 is 5.32 Å². The van der Waals surface area contributed by atoms with E-state index in [2.05, 4.69) is 11.9 Å². The first-order valence-electron chi connectivity index (χ1n) is 2.58. The van der Waals surface area contributed by atoms with Gasteiger partial charge in [0.05, 0.1) is 5.60 Å². The van der Waals surface area contributed by atoms with E-state index in [1.807, 2.05) is 0 Å². The summed E-state index contributed by atoms with van der Waals surface area (Å²) in [6, 6.07) is 0. The molecule has 0 aromatic carbocycles. The summed E-state index contributed by atoms with van der Waals surface area (Å²) in [5.74, 6) is 0. The van der Waals surface area contributed by atoms with Crippen LogP contribution in [0.2, 0.25) is 0 Å². The smallest absolute Gasteiger partial charge is 0.0977 e. The molecule has 0 heterocycles. The predicted molar refractivity (Wildman–Crippen MR) is 34.5 cm³/mol. The van der Waals surface area contributed by atoms with Crippen LogP contribution in [0.5, 0.6) is 0 Å². The van der Waals surface area contributed by atoms with Crippen molar-refractivity contribution in [2.24, 2.45) is 0 Å². The Bertz CT molecular complexity index is 91.2. The van der Waals surface area contributed by atoms with Crippen LogP contribution in [0.15, 0.2) is 12.3 Å². The van der Waals surface area contributed by atoms with Crippen LogP contribution in [0.3, 0.4) is 0 Å². The second kappa shape index (κ2) is 2.18. The van der Waals surface area contributed by atoms with Crippen molar-refractivity contribution in [1.82, 2.24) is 5.32 Å². The Kier molecular flexibility index (Phi) is 2.04. The van der Waals surface area contributed by atoms with Gasteiger partial charge in [0.15, 0.2) is 0 Å². The lowest BCUT2D eigenvalue weighted by molar-refractivity contribution is 0.114. The maximum atomic E-state index is 9.12. The van der Waals surface area contributed by atoms with Gasteiger partial charge in [-0.2, -0.15) is 0 Å². The lowest BCUT2D eigenvalue weighted by Crippen LogP contribution is -2.28. The van der Waals surface area contributed by atoms with Gasteiger partial charge in [0, 0.05) is 12.7 Å². The molecule has 2 heteroatoms. The van der Waals surface area contributed by atoms with Crippen LogP contribution in [0, 0.1) is 0 Å². The normalized spacial score (nSPS) is 11.0. The Morgan fingerprint density at radius 2 is 2.00 bits per heavy atom. The minimum absolute atomic E-state index is 0.637. The van der Waals surface area contributed by atoms with Crippen LogP contribution in [0.4, 0.5) is 0 Å². The van der Waals surface area contributed by atoms with E-state index in [1.165, 1.54) is 0 Å². The molecule has 2 nitrogen and oxygen atoms in total. The van der Waals surface area contributed by atoms with Gasteiger partial charge in [0.1, 0.15) is 0 Å². The minimum atomic E-state index is -0.797. The third-order valence-electron chi connectivity index (χ3n) is 1.04. The SMILES string of the molecule is C=C(NC)C(C)(C)O. The van der Waals surface area contributed by atoms with Crippen molar-refractivity contribution in [3.05, 3.63) is 12.3 Å². The van der Waals surface area contributed by atoms with Crippen LogP contribution in [0.1, 0.15) is 13.8 Å². The summed E-state index contributed by atoms with van der Waals surface area (Å²) in [7, 11) is 1.74. The monoisotopic (exact) mass is 115 g/mol. The molecule has 0 bridgehead atoms. The molecule has 0 unspecified atom stereocenters. The average Bonchev–Trinajstić information content (AvgIpc) is 1.62. The lowest BCUT2D eigenvalue weighted by atomic mass is 10.1. The number of aliphatic hydroxyl groups is 1. The molecule has 0 aromatic heterocycles. The van der Waals surface area contributed by atoms with E-state index in [-0.39, 0.29) is 0 Å². The summed E-state index contributed by atoms with van der Waals surface area (Å²) < 4.78 is 0. The summed E-state index contributed by atoms with van der Waals surface area (Å²) >= 11 is 0. The summed E-state index contributed by atoms with van der Waals surface area (Å²) in [6.07, 6.45) is 0. The molecule has 0 radical (unpaired) electrons. The number of hydrogen-bond acceptors (Lipinski definition) is 2. The van der Waals surface area contributed by atoms with Gasteiger partial charge in [0.2, 0.25) is 0 Å². The molecule has 0 aliphatic rings. The third kappa shape index (κ3) is 1.98. The van der Waals surface area contributed by atoms with Gasteiger partial charge < -0.3 is 10.4 Å². The molecule has 0 rings (SSSR count). The van der Waals surface area contributed by atoms with Crippen molar-refractivity contribution < 1.29 is 5.11 Å². The lowest BCUT2D eigenvalue weighted by Gasteiger charge is -2.19. The first-order valence-corrected chi connectivity index (χ1v) is 2.58. The van der Waals surface area contributed by atoms with Gasteiger partial charge in [-0.3, -0.25) is 0 Å². The van der Waals surface area contributed by atoms with Crippen molar-refractivity contribution in [3.8, 4) is 0 Å². The number of likely N-dealkylation sites (N-methyl/N-ethyl adjacent to an activating group) is 1. The molecular weight excluding hydrogens is 102 g/mol. The van der Waals surface area contributed by atoms with Crippen molar-refractivity contribution in [3.63, 3.8) is 0 Å². The summed E-state index contributed by atoms with van der Waals surface area (Å²) in [5, 5.41) is 11.9. The maximum Gasteiger partial charge on any atom is 0.0977 e. The standard InChI is InChI=1S/C6H13NO/c1-5(7-4)6(2,3)8/h7-8H,1H2,2-4H3. The molecule has 0 aliphatic carbocycles. The van der Waals surface area contributed by atoms with Gasteiger partial charge in [-0.1, -0.05) is 6.58 Å². The number of nitrogens with one attached hydrogen (secondary N) is 1. The van der Waals surface area contributed by atoms with Gasteiger partial charge >= 0.3 is 0 Å². The zero-order chi connectivity index (χ0) is 6.78. The minimum Gasteiger partial charge on any atom is -0.390 e. The Balaban J connectivity index is 3.82. The van der Waals surface area contributed by atoms with E-state index < -0.39 is 5.60 Å². The van der Waals surface area contributed by atoms with E-state index in [0.29, 0.717) is 5.70 Å². The summed E-state index contributed by atoms with van der Waals surface area (Å²) in [4.78, 5) is 0. The Hall–Kier alpha value is -0.500. The van der Waals surface area contributed by atoms with E-state index in [4.69, 9.17) is 5.11 Å². The second-order valence-electron chi connectivity index (χ2n) is 2.29. The molecule has 0 aliphatic heterocycles. The summed E-state index contributed by atoms with van der Waals surface area (Å²) in [5.41, 5.74) is -0.160. The zero-order valence-electron chi connectivity index (χ0n) is 5.65.